The molecule has 2 aliphatic rings. The summed E-state index contributed by atoms with van der Waals surface area (Å²) in [6.07, 6.45) is 0.645. The number of methoxy groups -OCH3 is 3. The lowest BCUT2D eigenvalue weighted by Gasteiger charge is -2.37. The summed E-state index contributed by atoms with van der Waals surface area (Å²) in [5.41, 5.74) is 2.57. The predicted molar refractivity (Wildman–Crippen MR) is 136 cm³/mol. The lowest BCUT2D eigenvalue weighted by atomic mass is 9.71. The van der Waals surface area contributed by atoms with E-state index in [0.717, 1.165) is 5.56 Å². The normalized spacial score (nSPS) is 19.4. The van der Waals surface area contributed by atoms with Crippen molar-refractivity contribution < 1.29 is 32.9 Å². The highest BCUT2D eigenvalue weighted by Crippen LogP contribution is 2.48. The summed E-state index contributed by atoms with van der Waals surface area (Å²) in [6.45, 7) is 1.94. The van der Waals surface area contributed by atoms with Crippen LogP contribution in [-0.2, 0) is 19.1 Å². The van der Waals surface area contributed by atoms with Gasteiger partial charge in [0, 0.05) is 41.1 Å². The van der Waals surface area contributed by atoms with Crippen LogP contribution >= 0.6 is 11.6 Å². The summed E-state index contributed by atoms with van der Waals surface area (Å²) in [5.74, 6) is -1.46. The Morgan fingerprint density at radius 2 is 1.84 bits per heavy atom. The second kappa shape index (κ2) is 11.4. The molecule has 0 unspecified atom stereocenters. The highest BCUT2D eigenvalue weighted by atomic mass is 35.5. The van der Waals surface area contributed by atoms with Crippen LogP contribution in [0.1, 0.15) is 42.7 Å². The van der Waals surface area contributed by atoms with Gasteiger partial charge in [-0.2, -0.15) is 0 Å². The molecule has 196 valence electrons. The van der Waals surface area contributed by atoms with Crippen LogP contribution < -0.4 is 14.8 Å². The van der Waals surface area contributed by atoms with E-state index in [1.54, 1.807) is 33.3 Å². The molecule has 2 aromatic carbocycles. The number of benzene rings is 2. The first-order valence-corrected chi connectivity index (χ1v) is 12.2. The SMILES string of the molecule is COCCOC(=O)C1=C(C)NC2=C(C(=O)C[C@H](c3ccc(OC)c(OC)c3)C2)[C@@H]1c1c(F)cccc1Cl. The number of ether oxygens (including phenoxy) is 4. The Balaban J connectivity index is 1.78. The Labute approximate surface area is 220 Å². The van der Waals surface area contributed by atoms with Crippen LogP contribution in [0.5, 0.6) is 11.5 Å². The second-order valence-electron chi connectivity index (χ2n) is 8.90. The van der Waals surface area contributed by atoms with Crippen LogP contribution in [0.15, 0.2) is 58.9 Å². The van der Waals surface area contributed by atoms with Crippen LogP contribution in [0.4, 0.5) is 4.39 Å². The van der Waals surface area contributed by atoms with Gasteiger partial charge in [0.15, 0.2) is 17.3 Å². The first kappa shape index (κ1) is 26.7. The van der Waals surface area contributed by atoms with E-state index in [-0.39, 0.29) is 47.5 Å². The molecule has 0 spiro atoms. The Morgan fingerprint density at radius 1 is 1.08 bits per heavy atom. The smallest absolute Gasteiger partial charge is 0.336 e. The topological polar surface area (TPSA) is 83.1 Å². The predicted octanol–water partition coefficient (Wildman–Crippen LogP) is 5.05. The van der Waals surface area contributed by atoms with Gasteiger partial charge in [-0.05, 0) is 49.1 Å². The standard InChI is InChI=1S/C28H29ClFNO6/c1-15-24(28(33)37-11-10-34-2)27(25-18(29)6-5-7-19(25)30)26-20(31-15)12-17(13-21(26)32)16-8-9-22(35-3)23(14-16)36-4/h5-9,14,17,27,31H,10-13H2,1-4H3/t17-,27+/m1/s1. The molecular weight excluding hydrogens is 501 g/mol. The zero-order valence-electron chi connectivity index (χ0n) is 21.2. The minimum Gasteiger partial charge on any atom is -0.493 e. The molecule has 1 N–H and O–H groups in total. The van der Waals surface area contributed by atoms with E-state index in [1.807, 2.05) is 12.1 Å². The van der Waals surface area contributed by atoms with Crippen LogP contribution in [0.3, 0.4) is 0 Å². The molecule has 0 saturated heterocycles. The number of halogens is 2. The molecule has 0 saturated carbocycles. The summed E-state index contributed by atoms with van der Waals surface area (Å²) in [4.78, 5) is 26.9. The third kappa shape index (κ3) is 5.22. The quantitative estimate of drug-likeness (QED) is 0.378. The van der Waals surface area contributed by atoms with E-state index >= 15 is 4.39 Å². The minimum atomic E-state index is -1.00. The molecule has 2 atom stereocenters. The molecule has 1 aliphatic heterocycles. The minimum absolute atomic E-state index is 0.0189. The van der Waals surface area contributed by atoms with Crippen LogP contribution in [0.25, 0.3) is 0 Å². The number of esters is 1. The van der Waals surface area contributed by atoms with Gasteiger partial charge in [-0.25, -0.2) is 9.18 Å². The maximum Gasteiger partial charge on any atom is 0.336 e. The van der Waals surface area contributed by atoms with Gasteiger partial charge in [-0.1, -0.05) is 23.7 Å². The van der Waals surface area contributed by atoms with Crippen molar-refractivity contribution in [3.8, 4) is 11.5 Å². The number of Topliss-reactive ketones (excluding diaryl/α,β-unsaturated/α-hetero) is 1. The van der Waals surface area contributed by atoms with Gasteiger partial charge in [0.2, 0.25) is 0 Å². The molecule has 37 heavy (non-hydrogen) atoms. The van der Waals surface area contributed by atoms with E-state index in [1.165, 1.54) is 19.2 Å². The third-order valence-corrected chi connectivity index (χ3v) is 7.07. The Hall–Kier alpha value is -3.36. The number of rotatable bonds is 8. The Morgan fingerprint density at radius 3 is 2.51 bits per heavy atom. The first-order valence-electron chi connectivity index (χ1n) is 11.9. The number of allylic oxidation sites excluding steroid dienone is 3. The fourth-order valence-corrected chi connectivity index (χ4v) is 5.29. The largest absolute Gasteiger partial charge is 0.493 e. The molecule has 1 aliphatic carbocycles. The maximum atomic E-state index is 15.2. The molecule has 0 bridgehead atoms. The van der Waals surface area contributed by atoms with Gasteiger partial charge in [0.25, 0.3) is 0 Å². The summed E-state index contributed by atoms with van der Waals surface area (Å²) in [6, 6.07) is 9.87. The molecule has 0 fully saturated rings. The number of hydrogen-bond acceptors (Lipinski definition) is 7. The van der Waals surface area contributed by atoms with Gasteiger partial charge in [-0.15, -0.1) is 0 Å². The van der Waals surface area contributed by atoms with Crippen LogP contribution in [-0.4, -0.2) is 46.3 Å². The Bertz CT molecular complexity index is 1270. The molecule has 1 heterocycles. The fourth-order valence-electron chi connectivity index (χ4n) is 5.02. The van der Waals surface area contributed by atoms with Gasteiger partial charge in [0.1, 0.15) is 12.4 Å². The second-order valence-corrected chi connectivity index (χ2v) is 9.30. The Kier molecular flexibility index (Phi) is 8.19. The lowest BCUT2D eigenvalue weighted by molar-refractivity contribution is -0.140. The number of ketones is 1. The highest BCUT2D eigenvalue weighted by molar-refractivity contribution is 6.31. The monoisotopic (exact) mass is 529 g/mol. The number of carbonyl (C=O) groups is 2. The van der Waals surface area contributed by atoms with E-state index in [2.05, 4.69) is 5.32 Å². The van der Waals surface area contributed by atoms with Crippen LogP contribution in [0.2, 0.25) is 5.02 Å². The van der Waals surface area contributed by atoms with Gasteiger partial charge >= 0.3 is 5.97 Å². The molecule has 2 aromatic rings. The van der Waals surface area contributed by atoms with E-state index in [4.69, 9.17) is 30.5 Å². The lowest BCUT2D eigenvalue weighted by Crippen LogP contribution is -2.36. The average molecular weight is 530 g/mol. The van der Waals surface area contributed by atoms with Crippen molar-refractivity contribution >= 4 is 23.4 Å². The molecule has 4 rings (SSSR count). The molecule has 0 radical (unpaired) electrons. The molecule has 0 aromatic heterocycles. The summed E-state index contributed by atoms with van der Waals surface area (Å²) in [7, 11) is 4.61. The zero-order chi connectivity index (χ0) is 26.7. The van der Waals surface area contributed by atoms with Crippen molar-refractivity contribution in [1.82, 2.24) is 5.32 Å². The van der Waals surface area contributed by atoms with Crippen molar-refractivity contribution in [3.63, 3.8) is 0 Å². The van der Waals surface area contributed by atoms with E-state index in [0.29, 0.717) is 34.9 Å². The molecule has 9 heteroatoms. The zero-order valence-corrected chi connectivity index (χ0v) is 21.9. The number of carbonyl (C=O) groups excluding carboxylic acids is 2. The summed E-state index contributed by atoms with van der Waals surface area (Å²) < 4.78 is 36.4. The van der Waals surface area contributed by atoms with Crippen LogP contribution in [0, 0.1) is 5.82 Å². The molecule has 7 nitrogen and oxygen atoms in total. The van der Waals surface area contributed by atoms with Gasteiger partial charge < -0.3 is 24.3 Å². The van der Waals surface area contributed by atoms with Crippen molar-refractivity contribution in [1.29, 1.82) is 0 Å². The third-order valence-electron chi connectivity index (χ3n) is 6.74. The summed E-state index contributed by atoms with van der Waals surface area (Å²) in [5, 5.41) is 3.37. The number of dihydropyridines is 1. The molecular formula is C28H29ClFNO6. The van der Waals surface area contributed by atoms with Crippen molar-refractivity contribution in [2.75, 3.05) is 34.5 Å². The fraction of sp³-hybridized carbons (Fsp3) is 0.357. The number of nitrogens with one attached hydrogen (secondary N) is 1. The van der Waals surface area contributed by atoms with Gasteiger partial charge in [0.05, 0.1) is 32.3 Å². The molecule has 0 amide bonds. The first-order chi connectivity index (χ1) is 17.8. The van der Waals surface area contributed by atoms with Crippen molar-refractivity contribution in [2.24, 2.45) is 0 Å². The highest BCUT2D eigenvalue weighted by Gasteiger charge is 2.43. The van der Waals surface area contributed by atoms with Crippen molar-refractivity contribution in [2.45, 2.75) is 31.6 Å². The van der Waals surface area contributed by atoms with E-state index < -0.39 is 17.7 Å². The van der Waals surface area contributed by atoms with Crippen molar-refractivity contribution in [3.05, 3.63) is 80.9 Å². The van der Waals surface area contributed by atoms with Gasteiger partial charge in [-0.3, -0.25) is 4.79 Å². The maximum absolute atomic E-state index is 15.2. The van der Waals surface area contributed by atoms with E-state index in [9.17, 15) is 9.59 Å². The number of hydrogen-bond donors (Lipinski definition) is 1. The summed E-state index contributed by atoms with van der Waals surface area (Å²) >= 11 is 6.46. The average Bonchev–Trinajstić information content (AvgIpc) is 2.87.